The minimum absolute atomic E-state index is 0.116. The number of alkyl halides is 3. The highest BCUT2D eigenvalue weighted by Crippen LogP contribution is 2.30. The summed E-state index contributed by atoms with van der Waals surface area (Å²) < 4.78 is 40.0. The molecule has 0 unspecified atom stereocenters. The van der Waals surface area contributed by atoms with E-state index in [1.54, 1.807) is 30.5 Å². The predicted molar refractivity (Wildman–Crippen MR) is 96.3 cm³/mol. The molecule has 3 N–H and O–H groups in total. The van der Waals surface area contributed by atoms with Gasteiger partial charge < -0.3 is 5.73 Å². The predicted octanol–water partition coefficient (Wildman–Crippen LogP) is 3.39. The van der Waals surface area contributed by atoms with Gasteiger partial charge in [0.05, 0.1) is 22.6 Å². The van der Waals surface area contributed by atoms with Crippen molar-refractivity contribution in [1.29, 1.82) is 0 Å². The quantitative estimate of drug-likeness (QED) is 0.564. The van der Waals surface area contributed by atoms with E-state index in [2.05, 4.69) is 15.2 Å². The van der Waals surface area contributed by atoms with Gasteiger partial charge in [-0.15, -0.1) is 0 Å². The zero-order valence-corrected chi connectivity index (χ0v) is 14.1. The summed E-state index contributed by atoms with van der Waals surface area (Å²) in [5.74, 6) is 0.352. The van der Waals surface area contributed by atoms with Gasteiger partial charge in [-0.1, -0.05) is 12.1 Å². The lowest BCUT2D eigenvalue weighted by molar-refractivity contribution is -0.140. The van der Waals surface area contributed by atoms with Crippen molar-refractivity contribution in [2.75, 3.05) is 5.73 Å². The molecule has 27 heavy (non-hydrogen) atoms. The SMILES string of the molecule is Cc1cc(N)ncc1-c1ccc2c3[nH]ncc3c(=O)n(CC(F)(F)F)c2c1. The fourth-order valence-electron chi connectivity index (χ4n) is 3.26. The molecule has 0 saturated heterocycles. The molecule has 0 saturated carbocycles. The van der Waals surface area contributed by atoms with Gasteiger partial charge in [0.25, 0.3) is 5.56 Å². The fraction of sp³-hybridized carbons (Fsp3) is 0.167. The van der Waals surface area contributed by atoms with Gasteiger partial charge >= 0.3 is 6.18 Å². The van der Waals surface area contributed by atoms with Crippen LogP contribution in [0, 0.1) is 6.92 Å². The third-order valence-corrected chi connectivity index (χ3v) is 4.45. The van der Waals surface area contributed by atoms with Gasteiger partial charge in [0.1, 0.15) is 12.4 Å². The zero-order chi connectivity index (χ0) is 19.3. The summed E-state index contributed by atoms with van der Waals surface area (Å²) in [4.78, 5) is 16.7. The molecule has 138 valence electrons. The third kappa shape index (κ3) is 2.90. The van der Waals surface area contributed by atoms with Crippen LogP contribution < -0.4 is 11.3 Å². The lowest BCUT2D eigenvalue weighted by Gasteiger charge is -2.15. The molecule has 0 aliphatic rings. The van der Waals surface area contributed by atoms with Crippen LogP contribution in [0.25, 0.3) is 32.9 Å². The molecule has 3 heterocycles. The normalized spacial score (nSPS) is 12.1. The number of benzene rings is 1. The summed E-state index contributed by atoms with van der Waals surface area (Å²) in [6, 6.07) is 6.68. The zero-order valence-electron chi connectivity index (χ0n) is 14.1. The summed E-state index contributed by atoms with van der Waals surface area (Å²) in [6.07, 6.45) is -1.73. The third-order valence-electron chi connectivity index (χ3n) is 4.45. The van der Waals surface area contributed by atoms with Gasteiger partial charge in [-0.3, -0.25) is 14.5 Å². The number of halogens is 3. The van der Waals surface area contributed by atoms with E-state index in [4.69, 9.17) is 5.73 Å². The van der Waals surface area contributed by atoms with E-state index in [1.165, 1.54) is 6.20 Å². The van der Waals surface area contributed by atoms with Gasteiger partial charge in [0.15, 0.2) is 0 Å². The van der Waals surface area contributed by atoms with Gasteiger partial charge in [-0.25, -0.2) is 4.98 Å². The summed E-state index contributed by atoms with van der Waals surface area (Å²) in [6.45, 7) is 0.449. The first-order valence-corrected chi connectivity index (χ1v) is 8.03. The van der Waals surface area contributed by atoms with Crippen molar-refractivity contribution < 1.29 is 13.2 Å². The van der Waals surface area contributed by atoms with E-state index < -0.39 is 18.3 Å². The summed E-state index contributed by atoms with van der Waals surface area (Å²) in [5.41, 5.74) is 7.70. The Morgan fingerprint density at radius 1 is 1.19 bits per heavy atom. The number of rotatable bonds is 2. The number of nitrogens with zero attached hydrogens (tertiary/aromatic N) is 3. The highest BCUT2D eigenvalue weighted by atomic mass is 19.4. The second-order valence-corrected chi connectivity index (χ2v) is 6.32. The van der Waals surface area contributed by atoms with E-state index in [-0.39, 0.29) is 10.9 Å². The Kier molecular flexibility index (Phi) is 3.69. The Bertz CT molecular complexity index is 1240. The number of nitrogens with two attached hydrogens (primary N) is 1. The van der Waals surface area contributed by atoms with Crippen molar-refractivity contribution in [2.24, 2.45) is 0 Å². The van der Waals surface area contributed by atoms with Crippen molar-refractivity contribution in [3.05, 3.63) is 52.6 Å². The number of nitrogen functional groups attached to an aromatic ring is 1. The minimum atomic E-state index is -4.54. The molecule has 0 spiro atoms. The maximum Gasteiger partial charge on any atom is 0.406 e. The number of anilines is 1. The van der Waals surface area contributed by atoms with Gasteiger partial charge in [-0.2, -0.15) is 18.3 Å². The Hall–Kier alpha value is -3.36. The lowest BCUT2D eigenvalue weighted by Crippen LogP contribution is -2.28. The molecule has 6 nitrogen and oxygen atoms in total. The topological polar surface area (TPSA) is 89.6 Å². The molecule has 4 rings (SSSR count). The van der Waals surface area contributed by atoms with E-state index >= 15 is 0 Å². The van der Waals surface area contributed by atoms with Crippen molar-refractivity contribution in [1.82, 2.24) is 19.7 Å². The summed E-state index contributed by atoms with van der Waals surface area (Å²) >= 11 is 0. The molecular weight excluding hydrogens is 359 g/mol. The number of aromatic nitrogens is 4. The fourth-order valence-corrected chi connectivity index (χ4v) is 3.26. The van der Waals surface area contributed by atoms with Crippen LogP contribution in [0.4, 0.5) is 19.0 Å². The molecule has 3 aromatic heterocycles. The van der Waals surface area contributed by atoms with Crippen LogP contribution in [0.1, 0.15) is 5.56 Å². The first-order chi connectivity index (χ1) is 12.7. The number of aryl methyl sites for hydroxylation is 1. The van der Waals surface area contributed by atoms with Crippen LogP contribution in [0.5, 0.6) is 0 Å². The summed E-state index contributed by atoms with van der Waals surface area (Å²) in [7, 11) is 0. The first-order valence-electron chi connectivity index (χ1n) is 8.03. The highest BCUT2D eigenvalue weighted by molar-refractivity contribution is 6.04. The van der Waals surface area contributed by atoms with Crippen molar-refractivity contribution in [2.45, 2.75) is 19.6 Å². The Morgan fingerprint density at radius 2 is 1.96 bits per heavy atom. The second kappa shape index (κ2) is 5.83. The van der Waals surface area contributed by atoms with Crippen LogP contribution in [-0.2, 0) is 6.54 Å². The molecule has 0 fully saturated rings. The number of hydrogen-bond acceptors (Lipinski definition) is 4. The molecule has 9 heteroatoms. The molecule has 0 aliphatic carbocycles. The van der Waals surface area contributed by atoms with Crippen molar-refractivity contribution in [3.8, 4) is 11.1 Å². The van der Waals surface area contributed by atoms with Gasteiger partial charge in [-0.05, 0) is 30.2 Å². The average molecular weight is 373 g/mol. The van der Waals surface area contributed by atoms with Crippen LogP contribution in [0.2, 0.25) is 0 Å². The highest BCUT2D eigenvalue weighted by Gasteiger charge is 2.30. The molecule has 4 aromatic rings. The largest absolute Gasteiger partial charge is 0.406 e. The van der Waals surface area contributed by atoms with Crippen LogP contribution >= 0.6 is 0 Å². The van der Waals surface area contributed by atoms with E-state index in [0.717, 1.165) is 15.7 Å². The lowest BCUT2D eigenvalue weighted by atomic mass is 10.0. The van der Waals surface area contributed by atoms with E-state index in [9.17, 15) is 18.0 Å². The number of aromatic amines is 1. The molecule has 0 radical (unpaired) electrons. The summed E-state index contributed by atoms with van der Waals surface area (Å²) in [5, 5.41) is 7.11. The number of H-pyrrole nitrogens is 1. The number of nitrogens with one attached hydrogen (secondary N) is 1. The number of hydrogen-bond donors (Lipinski definition) is 2. The van der Waals surface area contributed by atoms with Gasteiger partial charge in [0, 0.05) is 17.1 Å². The Balaban J connectivity index is 2.05. The number of pyridine rings is 2. The first kappa shape index (κ1) is 17.1. The molecule has 0 aliphatic heterocycles. The van der Waals surface area contributed by atoms with Crippen LogP contribution in [0.15, 0.2) is 41.5 Å². The maximum atomic E-state index is 13.1. The van der Waals surface area contributed by atoms with Crippen molar-refractivity contribution >= 4 is 27.6 Å². The van der Waals surface area contributed by atoms with Gasteiger partial charge in [0.2, 0.25) is 0 Å². The Labute approximate surface area is 150 Å². The molecule has 0 bridgehead atoms. The maximum absolute atomic E-state index is 13.1. The minimum Gasteiger partial charge on any atom is -0.384 e. The van der Waals surface area contributed by atoms with Crippen LogP contribution in [0.3, 0.4) is 0 Å². The molecule has 1 aromatic carbocycles. The Morgan fingerprint density at radius 3 is 2.67 bits per heavy atom. The van der Waals surface area contributed by atoms with Crippen LogP contribution in [-0.4, -0.2) is 25.9 Å². The monoisotopic (exact) mass is 373 g/mol. The van der Waals surface area contributed by atoms with E-state index in [0.29, 0.717) is 22.3 Å². The molecular formula is C18H14F3N5O. The molecule has 0 amide bonds. The smallest absolute Gasteiger partial charge is 0.384 e. The number of fused-ring (bicyclic) bond motifs is 3. The van der Waals surface area contributed by atoms with Crippen molar-refractivity contribution in [3.63, 3.8) is 0 Å². The van der Waals surface area contributed by atoms with E-state index in [1.807, 2.05) is 6.92 Å². The molecule has 0 atom stereocenters. The average Bonchev–Trinajstić information content (AvgIpc) is 3.07. The second-order valence-electron chi connectivity index (χ2n) is 6.32. The standard InChI is InChI=1S/C18H14F3N5O/c1-9-4-15(22)23-6-12(9)10-2-3-11-14(5-10)26(8-18(19,20)21)17(27)13-7-24-25-16(11)13/h2-7H,8H2,1H3,(H2,22,23)(H,24,25).